The van der Waals surface area contributed by atoms with Crippen molar-refractivity contribution < 1.29 is 19.1 Å². The van der Waals surface area contributed by atoms with Gasteiger partial charge in [0.25, 0.3) is 18.3 Å². The number of aromatic nitrogens is 4. The number of hydrogen-bond acceptors (Lipinski definition) is 6. The number of nitrogens with one attached hydrogen (secondary N) is 1. The van der Waals surface area contributed by atoms with E-state index in [-0.39, 0.29) is 17.4 Å². The van der Waals surface area contributed by atoms with E-state index in [4.69, 9.17) is 0 Å². The summed E-state index contributed by atoms with van der Waals surface area (Å²) in [7, 11) is 1.47. The normalized spacial score (nSPS) is 14.3. The highest BCUT2D eigenvalue weighted by atomic mass is 16.5. The molecule has 1 aliphatic rings. The molecule has 0 radical (unpaired) electrons. The molecule has 29 heavy (non-hydrogen) atoms. The maximum atomic E-state index is 12.5. The molecule has 4 rings (SSSR count). The number of imide groups is 1. The molecule has 0 spiro atoms. The second-order valence-electron chi connectivity index (χ2n) is 7.29. The highest BCUT2D eigenvalue weighted by Crippen LogP contribution is 2.34. The van der Waals surface area contributed by atoms with Gasteiger partial charge in [-0.25, -0.2) is 9.97 Å². The number of fused-ring (bicyclic) bond motifs is 1. The SMILES string of the molecule is CC(C)(C)OC=O.CN1C(=O)C(c2c[nH]c3ncccc23)=C(n2ccnc2)C1=O. The molecule has 0 saturated heterocycles. The van der Waals surface area contributed by atoms with Gasteiger partial charge in [0.05, 0.1) is 11.9 Å². The van der Waals surface area contributed by atoms with Crippen LogP contribution in [-0.4, -0.2) is 55.4 Å². The number of ether oxygens (including phenoxy) is 1. The van der Waals surface area contributed by atoms with E-state index in [1.807, 2.05) is 26.8 Å². The zero-order chi connectivity index (χ0) is 21.2. The summed E-state index contributed by atoms with van der Waals surface area (Å²) in [5, 5.41) is 0.798. The van der Waals surface area contributed by atoms with E-state index in [2.05, 4.69) is 19.7 Å². The topological polar surface area (TPSA) is 110 Å². The zero-order valence-electron chi connectivity index (χ0n) is 16.5. The molecule has 150 valence electrons. The maximum Gasteiger partial charge on any atom is 0.293 e. The zero-order valence-corrected chi connectivity index (χ0v) is 16.5. The molecule has 0 unspecified atom stereocenters. The van der Waals surface area contributed by atoms with E-state index in [0.717, 1.165) is 10.3 Å². The van der Waals surface area contributed by atoms with Crippen LogP contribution in [0.4, 0.5) is 0 Å². The first-order valence-electron chi connectivity index (χ1n) is 8.83. The number of carbonyl (C=O) groups is 3. The van der Waals surface area contributed by atoms with Crippen LogP contribution >= 0.6 is 0 Å². The van der Waals surface area contributed by atoms with Crippen LogP contribution in [0, 0.1) is 0 Å². The lowest BCUT2D eigenvalue weighted by Crippen LogP contribution is -2.27. The summed E-state index contributed by atoms with van der Waals surface area (Å²) in [6, 6.07) is 3.66. The van der Waals surface area contributed by atoms with Crippen LogP contribution in [0.1, 0.15) is 26.3 Å². The first-order chi connectivity index (χ1) is 13.7. The number of rotatable bonds is 3. The van der Waals surface area contributed by atoms with Gasteiger partial charge in [-0.15, -0.1) is 0 Å². The summed E-state index contributed by atoms with van der Waals surface area (Å²) in [6.07, 6.45) is 8.09. The van der Waals surface area contributed by atoms with Gasteiger partial charge in [-0.1, -0.05) is 0 Å². The molecule has 9 nitrogen and oxygen atoms in total. The highest BCUT2D eigenvalue weighted by Gasteiger charge is 2.38. The second kappa shape index (κ2) is 7.70. The average molecular weight is 395 g/mol. The van der Waals surface area contributed by atoms with Gasteiger partial charge < -0.3 is 14.3 Å². The molecule has 0 bridgehead atoms. The molecule has 9 heteroatoms. The lowest BCUT2D eigenvalue weighted by Gasteiger charge is -2.14. The van der Waals surface area contributed by atoms with Crippen molar-refractivity contribution in [3.63, 3.8) is 0 Å². The minimum atomic E-state index is -0.351. The van der Waals surface area contributed by atoms with Crippen molar-refractivity contribution in [2.45, 2.75) is 26.4 Å². The minimum absolute atomic E-state index is 0.301. The molecule has 4 heterocycles. The van der Waals surface area contributed by atoms with E-state index in [0.29, 0.717) is 29.0 Å². The number of aromatic amines is 1. The van der Waals surface area contributed by atoms with Crippen LogP contribution in [-0.2, 0) is 19.1 Å². The van der Waals surface area contributed by atoms with Crippen molar-refractivity contribution in [1.82, 2.24) is 24.4 Å². The Bertz CT molecular complexity index is 1090. The summed E-state index contributed by atoms with van der Waals surface area (Å²) in [4.78, 5) is 46.9. The van der Waals surface area contributed by atoms with Crippen LogP contribution < -0.4 is 0 Å². The van der Waals surface area contributed by atoms with Gasteiger partial charge in [-0.3, -0.25) is 19.3 Å². The molecule has 1 N–H and O–H groups in total. The number of H-pyrrole nitrogens is 1. The fourth-order valence-corrected chi connectivity index (χ4v) is 2.81. The number of likely N-dealkylation sites (N-methyl/N-ethyl adjacent to an activating group) is 1. The minimum Gasteiger partial charge on any atom is -0.462 e. The van der Waals surface area contributed by atoms with E-state index in [1.54, 1.807) is 35.4 Å². The van der Waals surface area contributed by atoms with E-state index >= 15 is 0 Å². The Morgan fingerprint density at radius 1 is 1.17 bits per heavy atom. The first-order valence-corrected chi connectivity index (χ1v) is 8.83. The third-order valence-corrected chi connectivity index (χ3v) is 4.15. The molecular formula is C20H21N5O4. The molecule has 0 saturated carbocycles. The van der Waals surface area contributed by atoms with E-state index in [1.165, 1.54) is 13.4 Å². The van der Waals surface area contributed by atoms with Crippen LogP contribution in [0.2, 0.25) is 0 Å². The van der Waals surface area contributed by atoms with Crippen molar-refractivity contribution in [1.29, 1.82) is 0 Å². The van der Waals surface area contributed by atoms with Crippen LogP contribution in [0.5, 0.6) is 0 Å². The molecule has 0 aliphatic carbocycles. The average Bonchev–Trinajstić information content (AvgIpc) is 3.37. The van der Waals surface area contributed by atoms with Gasteiger partial charge in [-0.2, -0.15) is 0 Å². The lowest BCUT2D eigenvalue weighted by molar-refractivity contribution is -0.139. The summed E-state index contributed by atoms with van der Waals surface area (Å²) in [6.45, 7) is 5.92. The van der Waals surface area contributed by atoms with Crippen molar-refractivity contribution >= 4 is 40.6 Å². The van der Waals surface area contributed by atoms with Gasteiger partial charge >= 0.3 is 0 Å². The van der Waals surface area contributed by atoms with E-state index < -0.39 is 0 Å². The van der Waals surface area contributed by atoms with Crippen molar-refractivity contribution in [3.8, 4) is 0 Å². The number of imidazole rings is 1. The van der Waals surface area contributed by atoms with Crippen LogP contribution in [0.25, 0.3) is 22.3 Å². The molecule has 3 aromatic heterocycles. The van der Waals surface area contributed by atoms with Crippen molar-refractivity contribution in [2.24, 2.45) is 0 Å². The molecule has 0 atom stereocenters. The fourth-order valence-electron chi connectivity index (χ4n) is 2.81. The number of amides is 2. The predicted octanol–water partition coefficient (Wildman–Crippen LogP) is 2.08. The number of pyridine rings is 1. The van der Waals surface area contributed by atoms with Gasteiger partial charge in [0, 0.05) is 42.8 Å². The highest BCUT2D eigenvalue weighted by molar-refractivity contribution is 6.47. The molecule has 0 fully saturated rings. The molecule has 3 aromatic rings. The molecule has 2 amide bonds. The Morgan fingerprint density at radius 3 is 2.52 bits per heavy atom. The van der Waals surface area contributed by atoms with E-state index in [9.17, 15) is 14.4 Å². The monoisotopic (exact) mass is 395 g/mol. The summed E-state index contributed by atoms with van der Waals surface area (Å²) in [5.74, 6) is -0.685. The summed E-state index contributed by atoms with van der Waals surface area (Å²) >= 11 is 0. The van der Waals surface area contributed by atoms with Gasteiger partial charge in [0.2, 0.25) is 0 Å². The number of nitrogens with zero attached hydrogens (tertiary/aromatic N) is 4. The van der Waals surface area contributed by atoms with Gasteiger partial charge in [-0.05, 0) is 32.9 Å². The third-order valence-electron chi connectivity index (χ3n) is 4.15. The standard InChI is InChI=1S/C15H11N5O2.C5H10O2/c1-19-14(21)11(12(15(19)22)20-6-5-16-8-20)10-7-18-13-9(10)3-2-4-17-13;1-5(2,3)7-4-6/h2-8H,1H3,(H,17,18);4H,1-3H3. The molecule has 1 aliphatic heterocycles. The maximum absolute atomic E-state index is 12.5. The molecular weight excluding hydrogens is 374 g/mol. The number of hydrogen-bond donors (Lipinski definition) is 1. The van der Waals surface area contributed by atoms with Gasteiger partial charge in [0.1, 0.15) is 16.9 Å². The number of carbonyl (C=O) groups excluding carboxylic acids is 3. The van der Waals surface area contributed by atoms with Crippen molar-refractivity contribution in [3.05, 3.63) is 48.8 Å². The van der Waals surface area contributed by atoms with Crippen LogP contribution in [0.15, 0.2) is 43.2 Å². The fraction of sp³-hybridized carbons (Fsp3) is 0.250. The Labute approximate surface area is 167 Å². The Balaban J connectivity index is 0.000000298. The summed E-state index contributed by atoms with van der Waals surface area (Å²) in [5.41, 5.74) is 1.67. The largest absolute Gasteiger partial charge is 0.462 e. The smallest absolute Gasteiger partial charge is 0.293 e. The lowest BCUT2D eigenvalue weighted by atomic mass is 10.0. The Morgan fingerprint density at radius 2 is 1.93 bits per heavy atom. The Kier molecular flexibility index (Phi) is 5.31. The predicted molar refractivity (Wildman–Crippen MR) is 106 cm³/mol. The third kappa shape index (κ3) is 3.93. The quantitative estimate of drug-likeness (QED) is 0.537. The molecule has 0 aromatic carbocycles. The van der Waals surface area contributed by atoms with Gasteiger partial charge in [0.15, 0.2) is 0 Å². The second-order valence-corrected chi connectivity index (χ2v) is 7.29. The Hall–Kier alpha value is -3.75. The van der Waals surface area contributed by atoms with Crippen molar-refractivity contribution in [2.75, 3.05) is 7.05 Å². The first kappa shape index (κ1) is 20.0. The summed E-state index contributed by atoms with van der Waals surface area (Å²) < 4.78 is 6.11. The van der Waals surface area contributed by atoms with Crippen LogP contribution in [0.3, 0.4) is 0 Å².